The number of aromatic hydroxyl groups is 1. The highest BCUT2D eigenvalue weighted by molar-refractivity contribution is 7.16. The number of carbonyl (C=O) groups is 1. The third-order valence-corrected chi connectivity index (χ3v) is 8.37. The molecule has 5 aromatic rings. The molecule has 1 aliphatic carbocycles. The second-order valence-electron chi connectivity index (χ2n) is 9.75. The van der Waals surface area contributed by atoms with E-state index >= 15 is 0 Å². The molecule has 39 heavy (non-hydrogen) atoms. The van der Waals surface area contributed by atoms with Crippen molar-refractivity contribution >= 4 is 39.1 Å². The number of benzene rings is 3. The Bertz CT molecular complexity index is 1830. The summed E-state index contributed by atoms with van der Waals surface area (Å²) in [6, 6.07) is 20.1. The van der Waals surface area contributed by atoms with E-state index in [4.69, 9.17) is 4.99 Å². The van der Waals surface area contributed by atoms with Crippen molar-refractivity contribution in [2.24, 2.45) is 4.99 Å². The van der Waals surface area contributed by atoms with Crippen molar-refractivity contribution in [2.45, 2.75) is 32.6 Å². The topological polar surface area (TPSA) is 71.7 Å². The summed E-state index contributed by atoms with van der Waals surface area (Å²) in [7, 11) is 0. The molecule has 0 radical (unpaired) electrons. The standard InChI is InChI=1S/C32H25FN2O3S/c1-19-13-15-22(16-14-19)35-31(37)24-10-3-2-9-23(24)26(32(35)38)18-34-30-28(25-11-4-5-12-27(25)39-30)29(36)20-7-6-8-21(33)17-20/h2-3,6-10,13-18,38H,4-5,11-12H2,1H3/b34-18+. The normalized spacial score (nSPS) is 13.2. The molecule has 6 rings (SSSR count). The number of pyridine rings is 1. The van der Waals surface area contributed by atoms with Crippen LogP contribution < -0.4 is 5.56 Å². The van der Waals surface area contributed by atoms with Crippen LogP contribution in [0.4, 0.5) is 9.39 Å². The highest BCUT2D eigenvalue weighted by atomic mass is 32.1. The Kier molecular flexibility index (Phi) is 6.45. The maximum absolute atomic E-state index is 14.0. The molecule has 0 atom stereocenters. The summed E-state index contributed by atoms with van der Waals surface area (Å²) in [5.74, 6) is -0.963. The highest BCUT2D eigenvalue weighted by Gasteiger charge is 2.26. The molecule has 2 aromatic heterocycles. The van der Waals surface area contributed by atoms with Gasteiger partial charge >= 0.3 is 0 Å². The van der Waals surface area contributed by atoms with Crippen LogP contribution >= 0.6 is 11.3 Å². The number of hydrogen-bond acceptors (Lipinski definition) is 5. The maximum Gasteiger partial charge on any atom is 0.265 e. The van der Waals surface area contributed by atoms with Crippen LogP contribution in [0.5, 0.6) is 5.88 Å². The molecule has 0 spiro atoms. The van der Waals surface area contributed by atoms with Crippen molar-refractivity contribution in [2.75, 3.05) is 0 Å². The first-order chi connectivity index (χ1) is 18.9. The molecular formula is C32H25FN2O3S. The molecule has 194 valence electrons. The van der Waals surface area contributed by atoms with Crippen molar-refractivity contribution in [3.05, 3.63) is 122 Å². The second-order valence-corrected chi connectivity index (χ2v) is 10.8. The lowest BCUT2D eigenvalue weighted by Gasteiger charge is -2.14. The molecule has 0 fully saturated rings. The molecule has 1 aliphatic rings. The van der Waals surface area contributed by atoms with E-state index in [2.05, 4.69) is 0 Å². The molecule has 0 amide bonds. The predicted octanol–water partition coefficient (Wildman–Crippen LogP) is 7.07. The first kappa shape index (κ1) is 24.9. The summed E-state index contributed by atoms with van der Waals surface area (Å²) in [5.41, 5.74) is 3.36. The Morgan fingerprint density at radius 1 is 1.00 bits per heavy atom. The molecule has 0 saturated carbocycles. The van der Waals surface area contributed by atoms with Gasteiger partial charge in [-0.25, -0.2) is 13.9 Å². The van der Waals surface area contributed by atoms with Crippen molar-refractivity contribution < 1.29 is 14.3 Å². The van der Waals surface area contributed by atoms with E-state index in [-0.39, 0.29) is 22.8 Å². The molecule has 2 heterocycles. The zero-order valence-electron chi connectivity index (χ0n) is 21.3. The zero-order valence-corrected chi connectivity index (χ0v) is 22.1. The van der Waals surface area contributed by atoms with E-state index in [1.807, 2.05) is 19.1 Å². The van der Waals surface area contributed by atoms with Crippen LogP contribution in [0.1, 0.15) is 50.3 Å². The third-order valence-electron chi connectivity index (χ3n) is 7.17. The number of hydrogen-bond donors (Lipinski definition) is 1. The Balaban J connectivity index is 1.53. The number of halogens is 1. The molecular weight excluding hydrogens is 511 g/mol. The maximum atomic E-state index is 14.0. The molecule has 7 heteroatoms. The lowest BCUT2D eigenvalue weighted by atomic mass is 9.92. The van der Waals surface area contributed by atoms with Gasteiger partial charge in [0.25, 0.3) is 5.56 Å². The lowest BCUT2D eigenvalue weighted by Crippen LogP contribution is -2.20. The SMILES string of the molecule is Cc1ccc(-n2c(O)c(/C=N/c3sc4c(c3C(=O)c3cccc(F)c3)CCCC4)c3ccccc3c2=O)cc1. The van der Waals surface area contributed by atoms with Gasteiger partial charge in [-0.05, 0) is 68.5 Å². The van der Waals surface area contributed by atoms with Crippen molar-refractivity contribution in [3.63, 3.8) is 0 Å². The average Bonchev–Trinajstić information content (AvgIpc) is 3.32. The number of rotatable bonds is 5. The van der Waals surface area contributed by atoms with Gasteiger partial charge < -0.3 is 5.11 Å². The zero-order chi connectivity index (χ0) is 27.1. The monoisotopic (exact) mass is 536 g/mol. The molecule has 0 saturated heterocycles. The second kappa shape index (κ2) is 10.1. The summed E-state index contributed by atoms with van der Waals surface area (Å²) < 4.78 is 15.2. The average molecular weight is 537 g/mol. The Labute approximate surface area is 228 Å². The van der Waals surface area contributed by atoms with E-state index in [0.717, 1.165) is 41.7 Å². The smallest absolute Gasteiger partial charge is 0.265 e. The fourth-order valence-corrected chi connectivity index (χ4v) is 6.43. The lowest BCUT2D eigenvalue weighted by molar-refractivity contribution is 0.103. The van der Waals surface area contributed by atoms with Gasteiger partial charge in [-0.15, -0.1) is 11.3 Å². The van der Waals surface area contributed by atoms with Gasteiger partial charge in [-0.2, -0.15) is 0 Å². The van der Waals surface area contributed by atoms with Crippen LogP contribution in [-0.2, 0) is 12.8 Å². The number of aromatic nitrogens is 1. The van der Waals surface area contributed by atoms with Gasteiger partial charge in [0.1, 0.15) is 10.8 Å². The van der Waals surface area contributed by atoms with Gasteiger partial charge in [0, 0.05) is 27.4 Å². The van der Waals surface area contributed by atoms with Crippen LogP contribution in [0.3, 0.4) is 0 Å². The van der Waals surface area contributed by atoms with Gasteiger partial charge in [0.2, 0.25) is 5.88 Å². The Morgan fingerprint density at radius 3 is 2.51 bits per heavy atom. The van der Waals surface area contributed by atoms with Crippen LogP contribution in [0, 0.1) is 12.7 Å². The van der Waals surface area contributed by atoms with Crippen LogP contribution in [0.2, 0.25) is 0 Å². The van der Waals surface area contributed by atoms with Gasteiger partial charge in [0.05, 0.1) is 16.8 Å². The number of nitrogens with zero attached hydrogens (tertiary/aromatic N) is 2. The Hall–Kier alpha value is -4.36. The summed E-state index contributed by atoms with van der Waals surface area (Å²) in [6.07, 6.45) is 5.18. The fourth-order valence-electron chi connectivity index (χ4n) is 5.20. The quantitative estimate of drug-likeness (QED) is 0.193. The molecule has 1 N–H and O–H groups in total. The number of aryl methyl sites for hydroxylation is 2. The number of carbonyl (C=O) groups excluding carboxylic acids is 1. The summed E-state index contributed by atoms with van der Waals surface area (Å²) >= 11 is 1.46. The first-order valence-corrected chi connectivity index (χ1v) is 13.7. The van der Waals surface area contributed by atoms with E-state index < -0.39 is 5.82 Å². The minimum absolute atomic E-state index is 0.231. The van der Waals surface area contributed by atoms with Crippen LogP contribution in [-0.4, -0.2) is 21.7 Å². The molecule has 3 aromatic carbocycles. The fraction of sp³-hybridized carbons (Fsp3) is 0.156. The predicted molar refractivity (Wildman–Crippen MR) is 154 cm³/mol. The number of fused-ring (bicyclic) bond motifs is 2. The van der Waals surface area contributed by atoms with E-state index in [0.29, 0.717) is 32.6 Å². The number of thiophene rings is 1. The summed E-state index contributed by atoms with van der Waals surface area (Å²) in [5, 5.41) is 12.9. The van der Waals surface area contributed by atoms with Gasteiger partial charge in [-0.3, -0.25) is 9.59 Å². The molecule has 5 nitrogen and oxygen atoms in total. The summed E-state index contributed by atoms with van der Waals surface area (Å²) in [6.45, 7) is 1.95. The van der Waals surface area contributed by atoms with Crippen molar-refractivity contribution in [3.8, 4) is 11.6 Å². The molecule has 0 bridgehead atoms. The Morgan fingerprint density at radius 2 is 1.74 bits per heavy atom. The molecule has 0 unspecified atom stereocenters. The minimum Gasteiger partial charge on any atom is -0.494 e. The third kappa shape index (κ3) is 4.49. The minimum atomic E-state index is -0.468. The largest absolute Gasteiger partial charge is 0.494 e. The van der Waals surface area contributed by atoms with E-state index in [9.17, 15) is 19.1 Å². The van der Waals surface area contributed by atoms with Crippen molar-refractivity contribution in [1.82, 2.24) is 4.57 Å². The van der Waals surface area contributed by atoms with Gasteiger partial charge in [-0.1, -0.05) is 48.0 Å². The summed E-state index contributed by atoms with van der Waals surface area (Å²) in [4.78, 5) is 32.9. The number of ketones is 1. The van der Waals surface area contributed by atoms with E-state index in [1.165, 1.54) is 40.3 Å². The first-order valence-electron chi connectivity index (χ1n) is 12.8. The highest BCUT2D eigenvalue weighted by Crippen LogP contribution is 2.41. The van der Waals surface area contributed by atoms with Crippen LogP contribution in [0.25, 0.3) is 16.5 Å². The van der Waals surface area contributed by atoms with E-state index in [1.54, 1.807) is 42.5 Å². The van der Waals surface area contributed by atoms with Gasteiger partial charge in [0.15, 0.2) is 5.78 Å². The molecule has 0 aliphatic heterocycles. The number of aliphatic imine (C=N–C) groups is 1. The van der Waals surface area contributed by atoms with Crippen LogP contribution in [0.15, 0.2) is 82.6 Å². The van der Waals surface area contributed by atoms with Crippen molar-refractivity contribution in [1.29, 1.82) is 0 Å².